The first-order valence-electron chi connectivity index (χ1n) is 8.66. The maximum Gasteiger partial charge on any atom is 0.329 e. The first-order chi connectivity index (χ1) is 11.1. The van der Waals surface area contributed by atoms with Crippen molar-refractivity contribution in [2.75, 3.05) is 0 Å². The molecule has 1 aliphatic heterocycles. The number of nitrogens with zero attached hydrogens (tertiary/aromatic N) is 1. The molecule has 4 nitrogen and oxygen atoms in total. The van der Waals surface area contributed by atoms with E-state index in [-0.39, 0.29) is 24.0 Å². The van der Waals surface area contributed by atoms with Gasteiger partial charge in [0, 0.05) is 11.6 Å². The van der Waals surface area contributed by atoms with Crippen LogP contribution in [0.2, 0.25) is 0 Å². The molecule has 0 N–H and O–H groups in total. The van der Waals surface area contributed by atoms with Crippen LogP contribution in [0.25, 0.3) is 0 Å². The van der Waals surface area contributed by atoms with Gasteiger partial charge < -0.3 is 9.64 Å². The Morgan fingerprint density at radius 1 is 1.13 bits per heavy atom. The number of esters is 1. The second-order valence-corrected chi connectivity index (χ2v) is 6.93. The maximum atomic E-state index is 13.0. The average Bonchev–Trinajstić information content (AvgIpc) is 2.94. The standard InChI is InChI=1S/C19H25NO3/c1-13(2)23-19(22)17-12-15-10-6-7-11-16(15)20(17)18(21)14-8-4-3-5-9-14/h3-5,8-9,13,15-17H,6-7,10-12H2,1-2H3. The number of carbonyl (C=O) groups excluding carboxylic acids is 2. The average molecular weight is 315 g/mol. The summed E-state index contributed by atoms with van der Waals surface area (Å²) in [6.45, 7) is 3.70. The molecule has 1 aromatic rings. The highest BCUT2D eigenvalue weighted by Crippen LogP contribution is 2.40. The van der Waals surface area contributed by atoms with Gasteiger partial charge in [-0.2, -0.15) is 0 Å². The predicted molar refractivity (Wildman–Crippen MR) is 88.0 cm³/mol. The first-order valence-corrected chi connectivity index (χ1v) is 8.66. The Kier molecular flexibility index (Phi) is 4.69. The second kappa shape index (κ2) is 6.73. The van der Waals surface area contributed by atoms with Crippen LogP contribution in [-0.4, -0.2) is 35.0 Å². The molecule has 124 valence electrons. The molecule has 1 saturated heterocycles. The minimum atomic E-state index is -0.432. The van der Waals surface area contributed by atoms with Crippen LogP contribution in [-0.2, 0) is 9.53 Å². The fourth-order valence-corrected chi connectivity index (χ4v) is 4.00. The number of likely N-dealkylation sites (tertiary alicyclic amines) is 1. The van der Waals surface area contributed by atoms with Gasteiger partial charge in [-0.3, -0.25) is 4.79 Å². The number of carbonyl (C=O) groups is 2. The molecule has 3 rings (SSSR count). The van der Waals surface area contributed by atoms with E-state index in [1.54, 1.807) is 0 Å². The summed E-state index contributed by atoms with van der Waals surface area (Å²) in [4.78, 5) is 27.4. The molecule has 3 atom stereocenters. The van der Waals surface area contributed by atoms with Gasteiger partial charge in [0.15, 0.2) is 0 Å². The van der Waals surface area contributed by atoms with Crippen LogP contribution < -0.4 is 0 Å². The Morgan fingerprint density at radius 2 is 1.83 bits per heavy atom. The van der Waals surface area contributed by atoms with Gasteiger partial charge in [0.05, 0.1) is 6.10 Å². The molecule has 0 spiro atoms. The van der Waals surface area contributed by atoms with Gasteiger partial charge in [0.1, 0.15) is 6.04 Å². The molecule has 1 saturated carbocycles. The third kappa shape index (κ3) is 3.26. The van der Waals surface area contributed by atoms with Gasteiger partial charge in [-0.1, -0.05) is 31.0 Å². The number of benzene rings is 1. The summed E-state index contributed by atoms with van der Waals surface area (Å²) in [5, 5.41) is 0. The van der Waals surface area contributed by atoms with E-state index < -0.39 is 6.04 Å². The van der Waals surface area contributed by atoms with E-state index in [0.717, 1.165) is 25.7 Å². The number of amides is 1. The number of fused-ring (bicyclic) bond motifs is 1. The molecule has 1 amide bonds. The predicted octanol–water partition coefficient (Wildman–Crippen LogP) is 3.41. The van der Waals surface area contributed by atoms with Crippen LogP contribution in [0, 0.1) is 5.92 Å². The van der Waals surface area contributed by atoms with E-state index in [4.69, 9.17) is 4.74 Å². The zero-order chi connectivity index (χ0) is 16.4. The second-order valence-electron chi connectivity index (χ2n) is 6.93. The highest BCUT2D eigenvalue weighted by Gasteiger charge is 2.48. The fraction of sp³-hybridized carbons (Fsp3) is 0.579. The van der Waals surface area contributed by atoms with Gasteiger partial charge in [-0.15, -0.1) is 0 Å². The molecule has 3 unspecified atom stereocenters. The number of hydrogen-bond donors (Lipinski definition) is 0. The molecule has 4 heteroatoms. The molecule has 1 heterocycles. The van der Waals surface area contributed by atoms with Crippen LogP contribution in [0.1, 0.15) is 56.3 Å². The Hall–Kier alpha value is -1.84. The van der Waals surface area contributed by atoms with Crippen molar-refractivity contribution in [2.45, 2.75) is 64.1 Å². The van der Waals surface area contributed by atoms with Crippen molar-refractivity contribution < 1.29 is 14.3 Å². The lowest BCUT2D eigenvalue weighted by atomic mass is 9.84. The van der Waals surface area contributed by atoms with Crippen molar-refractivity contribution in [2.24, 2.45) is 5.92 Å². The molecule has 2 aliphatic rings. The van der Waals surface area contributed by atoms with E-state index in [1.165, 1.54) is 6.42 Å². The number of rotatable bonds is 3. The van der Waals surface area contributed by atoms with Crippen LogP contribution >= 0.6 is 0 Å². The molecular formula is C19H25NO3. The lowest BCUT2D eigenvalue weighted by Gasteiger charge is -2.33. The van der Waals surface area contributed by atoms with Crippen molar-refractivity contribution in [3.05, 3.63) is 35.9 Å². The molecule has 0 aromatic heterocycles. The fourth-order valence-electron chi connectivity index (χ4n) is 4.00. The topological polar surface area (TPSA) is 46.6 Å². The van der Waals surface area contributed by atoms with E-state index in [0.29, 0.717) is 11.5 Å². The lowest BCUT2D eigenvalue weighted by molar-refractivity contribution is -0.152. The van der Waals surface area contributed by atoms with Crippen LogP contribution in [0.4, 0.5) is 0 Å². The van der Waals surface area contributed by atoms with Crippen molar-refractivity contribution in [3.8, 4) is 0 Å². The summed E-state index contributed by atoms with van der Waals surface area (Å²) in [6, 6.07) is 9.02. The highest BCUT2D eigenvalue weighted by molar-refractivity contribution is 5.97. The van der Waals surface area contributed by atoms with Gasteiger partial charge in [-0.25, -0.2) is 4.79 Å². The van der Waals surface area contributed by atoms with Gasteiger partial charge in [0.25, 0.3) is 5.91 Å². The molecular weight excluding hydrogens is 290 g/mol. The summed E-state index contributed by atoms with van der Waals surface area (Å²) >= 11 is 0. The summed E-state index contributed by atoms with van der Waals surface area (Å²) in [6.07, 6.45) is 5.02. The first kappa shape index (κ1) is 16.0. The molecule has 2 fully saturated rings. The Bertz CT molecular complexity index is 569. The molecule has 1 aromatic carbocycles. The Labute approximate surface area is 137 Å². The normalized spacial score (nSPS) is 26.9. The lowest BCUT2D eigenvalue weighted by Crippen LogP contribution is -2.47. The molecule has 23 heavy (non-hydrogen) atoms. The van der Waals surface area contributed by atoms with Crippen molar-refractivity contribution >= 4 is 11.9 Å². The summed E-state index contributed by atoms with van der Waals surface area (Å²) in [5.74, 6) is 0.144. The van der Waals surface area contributed by atoms with Crippen LogP contribution in [0.15, 0.2) is 30.3 Å². The summed E-state index contributed by atoms with van der Waals surface area (Å²) in [5.41, 5.74) is 0.654. The molecule has 0 radical (unpaired) electrons. The van der Waals surface area contributed by atoms with Crippen molar-refractivity contribution in [3.63, 3.8) is 0 Å². The smallest absolute Gasteiger partial charge is 0.329 e. The van der Waals surface area contributed by atoms with E-state index in [1.807, 2.05) is 49.1 Å². The third-order valence-corrected chi connectivity index (χ3v) is 4.97. The third-order valence-electron chi connectivity index (χ3n) is 4.97. The van der Waals surface area contributed by atoms with E-state index >= 15 is 0 Å². The van der Waals surface area contributed by atoms with Gasteiger partial charge in [0.2, 0.25) is 0 Å². The van der Waals surface area contributed by atoms with Crippen molar-refractivity contribution in [1.29, 1.82) is 0 Å². The summed E-state index contributed by atoms with van der Waals surface area (Å²) < 4.78 is 5.42. The SMILES string of the molecule is CC(C)OC(=O)C1CC2CCCCC2N1C(=O)c1ccccc1. The zero-order valence-electron chi connectivity index (χ0n) is 13.9. The van der Waals surface area contributed by atoms with Crippen LogP contribution in [0.3, 0.4) is 0 Å². The highest BCUT2D eigenvalue weighted by atomic mass is 16.5. The largest absolute Gasteiger partial charge is 0.461 e. The summed E-state index contributed by atoms with van der Waals surface area (Å²) in [7, 11) is 0. The Balaban J connectivity index is 1.88. The zero-order valence-corrected chi connectivity index (χ0v) is 13.9. The number of hydrogen-bond acceptors (Lipinski definition) is 3. The quantitative estimate of drug-likeness (QED) is 0.803. The maximum absolute atomic E-state index is 13.0. The number of ether oxygens (including phenoxy) is 1. The minimum absolute atomic E-state index is 0.0364. The Morgan fingerprint density at radius 3 is 2.52 bits per heavy atom. The van der Waals surface area contributed by atoms with Crippen LogP contribution in [0.5, 0.6) is 0 Å². The van der Waals surface area contributed by atoms with Gasteiger partial charge in [-0.05, 0) is 51.2 Å². The molecule has 1 aliphatic carbocycles. The molecule has 0 bridgehead atoms. The minimum Gasteiger partial charge on any atom is -0.461 e. The monoisotopic (exact) mass is 315 g/mol. The van der Waals surface area contributed by atoms with Gasteiger partial charge >= 0.3 is 5.97 Å². The van der Waals surface area contributed by atoms with E-state index in [2.05, 4.69) is 0 Å². The van der Waals surface area contributed by atoms with E-state index in [9.17, 15) is 9.59 Å². The van der Waals surface area contributed by atoms with Crippen molar-refractivity contribution in [1.82, 2.24) is 4.90 Å².